The molecule has 0 amide bonds. The molecule has 1 heterocycles. The van der Waals surface area contributed by atoms with Gasteiger partial charge in [-0.3, -0.25) is 0 Å². The third-order valence-electron chi connectivity index (χ3n) is 4.00. The van der Waals surface area contributed by atoms with Crippen LogP contribution in [0.5, 0.6) is 0 Å². The first-order chi connectivity index (χ1) is 8.91. The van der Waals surface area contributed by atoms with Crippen LogP contribution in [0.15, 0.2) is 18.2 Å². The monoisotopic (exact) mass is 262 g/mol. The van der Waals surface area contributed by atoms with E-state index >= 15 is 0 Å². The Morgan fingerprint density at radius 2 is 2.05 bits per heavy atom. The first kappa shape index (κ1) is 14.4. The van der Waals surface area contributed by atoms with E-state index in [0.717, 1.165) is 19.6 Å². The molecular weight excluding hydrogens is 236 g/mol. The molecule has 0 radical (unpaired) electrons. The van der Waals surface area contributed by atoms with Gasteiger partial charge in [-0.15, -0.1) is 0 Å². The van der Waals surface area contributed by atoms with Gasteiger partial charge in [0.2, 0.25) is 0 Å². The number of aliphatic hydroxyl groups is 1. The lowest BCUT2D eigenvalue weighted by Crippen LogP contribution is -2.40. The SMILES string of the molecule is Cc1ccc(N2CC(CO)NCC(C)(C)C2)cc1C. The Hall–Kier alpha value is -1.06. The van der Waals surface area contributed by atoms with Crippen molar-refractivity contribution in [2.75, 3.05) is 31.1 Å². The molecule has 1 aromatic rings. The number of nitrogens with zero attached hydrogens (tertiary/aromatic N) is 1. The number of hydrogen-bond donors (Lipinski definition) is 2. The van der Waals surface area contributed by atoms with Crippen molar-refractivity contribution in [3.8, 4) is 0 Å². The van der Waals surface area contributed by atoms with Crippen molar-refractivity contribution in [2.45, 2.75) is 33.7 Å². The van der Waals surface area contributed by atoms with Gasteiger partial charge in [0.05, 0.1) is 6.61 Å². The number of anilines is 1. The standard InChI is InChI=1S/C16H26N2O/c1-12-5-6-15(7-13(12)2)18-8-14(9-19)17-10-16(3,4)11-18/h5-7,14,17,19H,8-11H2,1-4H3. The van der Waals surface area contributed by atoms with Gasteiger partial charge in [0.25, 0.3) is 0 Å². The molecule has 1 atom stereocenters. The number of aliphatic hydroxyl groups excluding tert-OH is 1. The lowest BCUT2D eigenvalue weighted by Gasteiger charge is -2.31. The summed E-state index contributed by atoms with van der Waals surface area (Å²) in [6.45, 7) is 11.9. The van der Waals surface area contributed by atoms with Crippen LogP contribution in [0.3, 0.4) is 0 Å². The van der Waals surface area contributed by atoms with E-state index in [0.29, 0.717) is 0 Å². The molecule has 3 nitrogen and oxygen atoms in total. The fourth-order valence-electron chi connectivity index (χ4n) is 2.63. The molecule has 1 aliphatic rings. The summed E-state index contributed by atoms with van der Waals surface area (Å²) in [5.74, 6) is 0. The summed E-state index contributed by atoms with van der Waals surface area (Å²) >= 11 is 0. The molecule has 2 rings (SSSR count). The summed E-state index contributed by atoms with van der Waals surface area (Å²) in [5.41, 5.74) is 4.13. The minimum Gasteiger partial charge on any atom is -0.395 e. The maximum Gasteiger partial charge on any atom is 0.0601 e. The minimum atomic E-state index is 0.156. The molecule has 1 fully saturated rings. The van der Waals surface area contributed by atoms with Gasteiger partial charge in [0.15, 0.2) is 0 Å². The third-order valence-corrected chi connectivity index (χ3v) is 4.00. The van der Waals surface area contributed by atoms with Crippen LogP contribution in [0.4, 0.5) is 5.69 Å². The Morgan fingerprint density at radius 1 is 1.32 bits per heavy atom. The molecule has 2 N–H and O–H groups in total. The van der Waals surface area contributed by atoms with E-state index < -0.39 is 0 Å². The first-order valence-corrected chi connectivity index (χ1v) is 7.08. The van der Waals surface area contributed by atoms with E-state index in [4.69, 9.17) is 0 Å². The predicted octanol–water partition coefficient (Wildman–Crippen LogP) is 2.10. The van der Waals surface area contributed by atoms with Crippen LogP contribution in [0, 0.1) is 19.3 Å². The fourth-order valence-corrected chi connectivity index (χ4v) is 2.63. The molecule has 19 heavy (non-hydrogen) atoms. The second kappa shape index (κ2) is 5.51. The quantitative estimate of drug-likeness (QED) is 0.857. The Kier molecular flexibility index (Phi) is 4.16. The molecule has 0 bridgehead atoms. The maximum atomic E-state index is 9.46. The molecule has 0 aromatic heterocycles. The van der Waals surface area contributed by atoms with E-state index in [9.17, 15) is 5.11 Å². The van der Waals surface area contributed by atoms with Crippen LogP contribution in [0.25, 0.3) is 0 Å². The second-order valence-electron chi connectivity index (χ2n) is 6.57. The van der Waals surface area contributed by atoms with Gasteiger partial charge >= 0.3 is 0 Å². The number of nitrogens with one attached hydrogen (secondary N) is 1. The largest absolute Gasteiger partial charge is 0.395 e. The van der Waals surface area contributed by atoms with Crippen LogP contribution < -0.4 is 10.2 Å². The molecule has 106 valence electrons. The average Bonchev–Trinajstić information content (AvgIpc) is 2.51. The summed E-state index contributed by atoms with van der Waals surface area (Å²) in [6, 6.07) is 6.79. The van der Waals surface area contributed by atoms with E-state index in [2.05, 4.69) is 56.1 Å². The molecule has 0 spiro atoms. The lowest BCUT2D eigenvalue weighted by atomic mass is 9.93. The van der Waals surface area contributed by atoms with Crippen molar-refractivity contribution in [3.63, 3.8) is 0 Å². The topological polar surface area (TPSA) is 35.5 Å². The van der Waals surface area contributed by atoms with Crippen LogP contribution in [0.2, 0.25) is 0 Å². The van der Waals surface area contributed by atoms with Gasteiger partial charge in [0.1, 0.15) is 0 Å². The summed E-state index contributed by atoms with van der Waals surface area (Å²) in [6.07, 6.45) is 0. The summed E-state index contributed by atoms with van der Waals surface area (Å²) in [7, 11) is 0. The Morgan fingerprint density at radius 3 is 2.68 bits per heavy atom. The van der Waals surface area contributed by atoms with E-state index in [-0.39, 0.29) is 18.1 Å². The third kappa shape index (κ3) is 3.48. The van der Waals surface area contributed by atoms with Crippen LogP contribution >= 0.6 is 0 Å². The normalized spacial score (nSPS) is 23.2. The molecule has 3 heteroatoms. The molecule has 1 aliphatic heterocycles. The van der Waals surface area contributed by atoms with Gasteiger partial charge in [-0.1, -0.05) is 19.9 Å². The number of hydrogen-bond acceptors (Lipinski definition) is 3. The molecule has 0 saturated carbocycles. The highest BCUT2D eigenvalue weighted by molar-refractivity contribution is 5.51. The summed E-state index contributed by atoms with van der Waals surface area (Å²) in [5, 5.41) is 12.9. The summed E-state index contributed by atoms with van der Waals surface area (Å²) in [4.78, 5) is 2.40. The van der Waals surface area contributed by atoms with Crippen molar-refractivity contribution < 1.29 is 5.11 Å². The fraction of sp³-hybridized carbons (Fsp3) is 0.625. The lowest BCUT2D eigenvalue weighted by molar-refractivity contribution is 0.242. The van der Waals surface area contributed by atoms with Crippen molar-refractivity contribution in [1.82, 2.24) is 5.32 Å². The number of aryl methyl sites for hydroxylation is 2. The van der Waals surface area contributed by atoms with Gasteiger partial charge in [-0.05, 0) is 42.5 Å². The van der Waals surface area contributed by atoms with Crippen molar-refractivity contribution in [2.24, 2.45) is 5.41 Å². The zero-order valence-corrected chi connectivity index (χ0v) is 12.5. The van der Waals surface area contributed by atoms with Gasteiger partial charge < -0.3 is 15.3 Å². The van der Waals surface area contributed by atoms with Crippen molar-refractivity contribution >= 4 is 5.69 Å². The first-order valence-electron chi connectivity index (χ1n) is 7.08. The van der Waals surface area contributed by atoms with Crippen LogP contribution in [-0.2, 0) is 0 Å². The Bertz CT molecular complexity index is 442. The van der Waals surface area contributed by atoms with Gasteiger partial charge in [0, 0.05) is 31.4 Å². The molecular formula is C16H26N2O. The highest BCUT2D eigenvalue weighted by atomic mass is 16.3. The molecule has 1 unspecified atom stereocenters. The smallest absolute Gasteiger partial charge is 0.0601 e. The molecule has 1 aromatic carbocycles. The predicted molar refractivity (Wildman–Crippen MR) is 80.8 cm³/mol. The highest BCUT2D eigenvalue weighted by Gasteiger charge is 2.28. The number of benzene rings is 1. The second-order valence-corrected chi connectivity index (χ2v) is 6.57. The van der Waals surface area contributed by atoms with E-state index in [1.165, 1.54) is 16.8 Å². The Balaban J connectivity index is 2.26. The zero-order valence-electron chi connectivity index (χ0n) is 12.5. The molecule has 0 aliphatic carbocycles. The minimum absolute atomic E-state index is 0.156. The average molecular weight is 262 g/mol. The molecule has 1 saturated heterocycles. The summed E-state index contributed by atoms with van der Waals surface area (Å²) < 4.78 is 0. The Labute approximate surface area is 116 Å². The van der Waals surface area contributed by atoms with E-state index in [1.54, 1.807) is 0 Å². The van der Waals surface area contributed by atoms with Crippen LogP contribution in [0.1, 0.15) is 25.0 Å². The van der Waals surface area contributed by atoms with Crippen LogP contribution in [-0.4, -0.2) is 37.4 Å². The maximum absolute atomic E-state index is 9.46. The number of rotatable bonds is 2. The van der Waals surface area contributed by atoms with Gasteiger partial charge in [-0.2, -0.15) is 0 Å². The zero-order chi connectivity index (χ0) is 14.0. The van der Waals surface area contributed by atoms with E-state index in [1.807, 2.05) is 0 Å². The van der Waals surface area contributed by atoms with Crippen molar-refractivity contribution in [1.29, 1.82) is 0 Å². The highest BCUT2D eigenvalue weighted by Crippen LogP contribution is 2.26. The van der Waals surface area contributed by atoms with Gasteiger partial charge in [-0.25, -0.2) is 0 Å². The van der Waals surface area contributed by atoms with Crippen molar-refractivity contribution in [3.05, 3.63) is 29.3 Å².